The van der Waals surface area contributed by atoms with E-state index >= 15 is 0 Å². The fourth-order valence-electron chi connectivity index (χ4n) is 3.08. The summed E-state index contributed by atoms with van der Waals surface area (Å²) >= 11 is 0. The fraction of sp³-hybridized carbons (Fsp3) is 0.615. The molecule has 2 N–H and O–H groups in total. The van der Waals surface area contributed by atoms with Crippen molar-refractivity contribution in [2.24, 2.45) is 0 Å². The van der Waals surface area contributed by atoms with Crippen LogP contribution in [0.1, 0.15) is 36.2 Å². The van der Waals surface area contributed by atoms with Crippen molar-refractivity contribution in [3.8, 4) is 0 Å². The molecule has 0 saturated carbocycles. The van der Waals surface area contributed by atoms with Gasteiger partial charge < -0.3 is 15.3 Å². The molecule has 0 radical (unpaired) electrons. The SMILES string of the molecule is O=C(O)c1cnc(NC2CCN3CCCC3C2)cn1. The molecule has 102 valence electrons. The maximum absolute atomic E-state index is 10.7. The molecule has 6 nitrogen and oxygen atoms in total. The molecule has 0 aliphatic carbocycles. The van der Waals surface area contributed by atoms with Crippen LogP contribution in [0, 0.1) is 0 Å². The molecule has 19 heavy (non-hydrogen) atoms. The average Bonchev–Trinajstić information content (AvgIpc) is 2.87. The molecular formula is C13H18N4O2. The predicted molar refractivity (Wildman–Crippen MR) is 70.2 cm³/mol. The van der Waals surface area contributed by atoms with Gasteiger partial charge in [-0.1, -0.05) is 0 Å². The number of piperidine rings is 1. The van der Waals surface area contributed by atoms with Crippen LogP contribution in [0.25, 0.3) is 0 Å². The lowest BCUT2D eigenvalue weighted by molar-refractivity contribution is 0.0690. The van der Waals surface area contributed by atoms with Crippen molar-refractivity contribution in [3.05, 3.63) is 18.1 Å². The number of carboxylic acid groups (broad SMARTS) is 1. The van der Waals surface area contributed by atoms with Gasteiger partial charge in [0.1, 0.15) is 5.82 Å². The first-order valence-electron chi connectivity index (χ1n) is 6.78. The normalized spacial score (nSPS) is 26.9. The summed E-state index contributed by atoms with van der Waals surface area (Å²) in [5, 5.41) is 12.1. The Morgan fingerprint density at radius 3 is 2.95 bits per heavy atom. The second kappa shape index (κ2) is 5.13. The predicted octanol–water partition coefficient (Wildman–Crippen LogP) is 1.21. The molecule has 2 atom stereocenters. The zero-order chi connectivity index (χ0) is 13.2. The third-order valence-electron chi connectivity index (χ3n) is 4.04. The van der Waals surface area contributed by atoms with Crippen LogP contribution in [0.4, 0.5) is 5.82 Å². The van der Waals surface area contributed by atoms with Gasteiger partial charge >= 0.3 is 5.97 Å². The Bertz CT molecular complexity index is 462. The Labute approximate surface area is 111 Å². The minimum atomic E-state index is -1.04. The van der Waals surface area contributed by atoms with Gasteiger partial charge in [-0.25, -0.2) is 14.8 Å². The van der Waals surface area contributed by atoms with Crippen molar-refractivity contribution in [1.82, 2.24) is 14.9 Å². The van der Waals surface area contributed by atoms with E-state index in [1.54, 1.807) is 0 Å². The number of nitrogens with zero attached hydrogens (tertiary/aromatic N) is 3. The summed E-state index contributed by atoms with van der Waals surface area (Å²) in [5.74, 6) is -0.375. The van der Waals surface area contributed by atoms with Crippen molar-refractivity contribution < 1.29 is 9.90 Å². The molecule has 3 heterocycles. The number of carbonyl (C=O) groups is 1. The largest absolute Gasteiger partial charge is 0.476 e. The summed E-state index contributed by atoms with van der Waals surface area (Å²) in [6.45, 7) is 2.38. The molecule has 2 aliphatic heterocycles. The van der Waals surface area contributed by atoms with E-state index in [0.29, 0.717) is 17.9 Å². The number of rotatable bonds is 3. The van der Waals surface area contributed by atoms with Crippen molar-refractivity contribution in [1.29, 1.82) is 0 Å². The van der Waals surface area contributed by atoms with E-state index in [4.69, 9.17) is 5.11 Å². The van der Waals surface area contributed by atoms with Gasteiger partial charge in [-0.3, -0.25) is 0 Å². The highest BCUT2D eigenvalue weighted by molar-refractivity contribution is 5.84. The van der Waals surface area contributed by atoms with E-state index in [0.717, 1.165) is 19.4 Å². The van der Waals surface area contributed by atoms with E-state index in [9.17, 15) is 4.79 Å². The first-order valence-corrected chi connectivity index (χ1v) is 6.78. The molecule has 0 aromatic carbocycles. The number of hydrogen-bond acceptors (Lipinski definition) is 5. The maximum Gasteiger partial charge on any atom is 0.356 e. The fourth-order valence-corrected chi connectivity index (χ4v) is 3.08. The van der Waals surface area contributed by atoms with Gasteiger partial charge in [0.05, 0.1) is 12.4 Å². The van der Waals surface area contributed by atoms with Crippen LogP contribution in [0.3, 0.4) is 0 Å². The molecule has 2 saturated heterocycles. The summed E-state index contributed by atoms with van der Waals surface area (Å²) < 4.78 is 0. The number of anilines is 1. The summed E-state index contributed by atoms with van der Waals surface area (Å²) in [5.41, 5.74) is -0.0174. The summed E-state index contributed by atoms with van der Waals surface area (Å²) in [7, 11) is 0. The third kappa shape index (κ3) is 2.68. The van der Waals surface area contributed by atoms with Crippen LogP contribution in [0.2, 0.25) is 0 Å². The molecular weight excluding hydrogens is 244 g/mol. The number of aromatic nitrogens is 2. The number of nitrogens with one attached hydrogen (secondary N) is 1. The second-order valence-electron chi connectivity index (χ2n) is 5.29. The van der Waals surface area contributed by atoms with Crippen molar-refractivity contribution >= 4 is 11.8 Å². The van der Waals surface area contributed by atoms with Crippen LogP contribution < -0.4 is 5.32 Å². The molecule has 2 unspecified atom stereocenters. The molecule has 0 amide bonds. The van der Waals surface area contributed by atoms with Crippen LogP contribution in [-0.2, 0) is 0 Å². The van der Waals surface area contributed by atoms with Gasteiger partial charge in [-0.2, -0.15) is 0 Å². The zero-order valence-electron chi connectivity index (χ0n) is 10.7. The molecule has 1 aromatic rings. The maximum atomic E-state index is 10.7. The van der Waals surface area contributed by atoms with Gasteiger partial charge in [0.15, 0.2) is 5.69 Å². The van der Waals surface area contributed by atoms with Gasteiger partial charge in [0.25, 0.3) is 0 Å². The number of aromatic carboxylic acids is 1. The van der Waals surface area contributed by atoms with E-state index in [-0.39, 0.29) is 5.69 Å². The molecule has 0 bridgehead atoms. The number of hydrogen-bond donors (Lipinski definition) is 2. The van der Waals surface area contributed by atoms with Crippen molar-refractivity contribution in [2.75, 3.05) is 18.4 Å². The quantitative estimate of drug-likeness (QED) is 0.852. The van der Waals surface area contributed by atoms with Crippen LogP contribution in [0.5, 0.6) is 0 Å². The van der Waals surface area contributed by atoms with E-state index in [2.05, 4.69) is 20.2 Å². The number of carboxylic acids is 1. The Balaban J connectivity index is 1.60. The Kier molecular flexibility index (Phi) is 3.33. The lowest BCUT2D eigenvalue weighted by Gasteiger charge is -2.35. The smallest absolute Gasteiger partial charge is 0.356 e. The number of fused-ring (bicyclic) bond motifs is 1. The third-order valence-corrected chi connectivity index (χ3v) is 4.04. The van der Waals surface area contributed by atoms with Crippen LogP contribution >= 0.6 is 0 Å². The van der Waals surface area contributed by atoms with Gasteiger partial charge in [-0.05, 0) is 32.2 Å². The summed E-state index contributed by atoms with van der Waals surface area (Å²) in [4.78, 5) is 21.3. The van der Waals surface area contributed by atoms with Crippen LogP contribution in [-0.4, -0.2) is 51.1 Å². The highest BCUT2D eigenvalue weighted by Crippen LogP contribution is 2.28. The van der Waals surface area contributed by atoms with Crippen LogP contribution in [0.15, 0.2) is 12.4 Å². The first kappa shape index (κ1) is 12.3. The lowest BCUT2D eigenvalue weighted by Crippen LogP contribution is -2.42. The highest BCUT2D eigenvalue weighted by atomic mass is 16.4. The monoisotopic (exact) mass is 262 g/mol. The summed E-state index contributed by atoms with van der Waals surface area (Å²) in [6, 6.07) is 1.13. The van der Waals surface area contributed by atoms with E-state index < -0.39 is 5.97 Å². The standard InChI is InChI=1S/C13H18N4O2/c18-13(19)11-7-15-12(8-14-11)16-9-3-5-17-4-1-2-10(17)6-9/h7-10H,1-6H2,(H,15,16)(H,18,19). The molecule has 1 aromatic heterocycles. The van der Waals surface area contributed by atoms with Crippen molar-refractivity contribution in [2.45, 2.75) is 37.8 Å². The summed E-state index contributed by atoms with van der Waals surface area (Å²) in [6.07, 6.45) is 7.66. The molecule has 0 spiro atoms. The topological polar surface area (TPSA) is 78.3 Å². The van der Waals surface area contributed by atoms with E-state index in [1.165, 1.54) is 31.8 Å². The molecule has 2 aliphatic rings. The second-order valence-corrected chi connectivity index (χ2v) is 5.29. The Morgan fingerprint density at radius 2 is 2.21 bits per heavy atom. The lowest BCUT2D eigenvalue weighted by atomic mass is 9.98. The molecule has 2 fully saturated rings. The van der Waals surface area contributed by atoms with Gasteiger partial charge in [0.2, 0.25) is 0 Å². The highest BCUT2D eigenvalue weighted by Gasteiger charge is 2.31. The van der Waals surface area contributed by atoms with Gasteiger partial charge in [0, 0.05) is 18.6 Å². The van der Waals surface area contributed by atoms with Crippen molar-refractivity contribution in [3.63, 3.8) is 0 Å². The molecule has 3 rings (SSSR count). The van der Waals surface area contributed by atoms with Gasteiger partial charge in [-0.15, -0.1) is 0 Å². The minimum Gasteiger partial charge on any atom is -0.476 e. The Morgan fingerprint density at radius 1 is 1.32 bits per heavy atom. The zero-order valence-corrected chi connectivity index (χ0v) is 10.7. The first-order chi connectivity index (χ1) is 9.22. The minimum absolute atomic E-state index is 0.0174. The Hall–Kier alpha value is -1.69. The van der Waals surface area contributed by atoms with E-state index in [1.807, 2.05) is 0 Å². The molecule has 6 heteroatoms. The average molecular weight is 262 g/mol.